The van der Waals surface area contributed by atoms with Crippen molar-refractivity contribution in [2.45, 2.75) is 25.7 Å². The Morgan fingerprint density at radius 2 is 1.91 bits per heavy atom. The van der Waals surface area contributed by atoms with E-state index in [-0.39, 0.29) is 16.8 Å². The molecule has 0 saturated carbocycles. The van der Waals surface area contributed by atoms with E-state index < -0.39 is 5.63 Å². The first-order valence-electron chi connectivity index (χ1n) is 7.39. The highest BCUT2D eigenvalue weighted by Gasteiger charge is 2.16. The molecule has 0 unspecified atom stereocenters. The quantitative estimate of drug-likeness (QED) is 0.532. The van der Waals surface area contributed by atoms with Crippen LogP contribution in [0.3, 0.4) is 0 Å². The molecule has 3 rings (SSSR count). The fourth-order valence-corrected chi connectivity index (χ4v) is 2.61. The van der Waals surface area contributed by atoms with E-state index in [1.54, 1.807) is 6.07 Å². The van der Waals surface area contributed by atoms with Gasteiger partial charge in [-0.25, -0.2) is 4.79 Å². The van der Waals surface area contributed by atoms with Gasteiger partial charge in [-0.05, 0) is 30.6 Å². The summed E-state index contributed by atoms with van der Waals surface area (Å²) in [5, 5.41) is 13.0. The van der Waals surface area contributed by atoms with Crippen molar-refractivity contribution in [3.8, 4) is 5.75 Å². The highest BCUT2D eigenvalue weighted by atomic mass is 16.4. The zero-order chi connectivity index (χ0) is 16.4. The Morgan fingerprint density at radius 3 is 2.65 bits per heavy atom. The van der Waals surface area contributed by atoms with Gasteiger partial charge in [0.25, 0.3) is 0 Å². The maximum Gasteiger partial charge on any atom is 0.347 e. The van der Waals surface area contributed by atoms with Crippen molar-refractivity contribution in [1.82, 2.24) is 0 Å². The fourth-order valence-electron chi connectivity index (χ4n) is 2.61. The van der Waals surface area contributed by atoms with Gasteiger partial charge in [-0.3, -0.25) is 0 Å². The van der Waals surface area contributed by atoms with Crippen LogP contribution < -0.4 is 11.4 Å². The second-order valence-electron chi connectivity index (χ2n) is 5.37. The van der Waals surface area contributed by atoms with E-state index in [1.165, 1.54) is 12.1 Å². The number of nitroso groups, excluding NO2 is 1. The van der Waals surface area contributed by atoms with Crippen LogP contribution in [-0.2, 0) is 6.42 Å². The minimum absolute atomic E-state index is 0.148. The molecule has 0 spiro atoms. The van der Waals surface area contributed by atoms with Crippen LogP contribution in [-0.4, -0.2) is 11.7 Å². The van der Waals surface area contributed by atoms with Gasteiger partial charge >= 0.3 is 5.63 Å². The average Bonchev–Trinajstić information content (AvgIpc) is 2.88. The van der Waals surface area contributed by atoms with Gasteiger partial charge < -0.3 is 19.7 Å². The van der Waals surface area contributed by atoms with Gasteiger partial charge in [0.05, 0.1) is 0 Å². The molecule has 120 valence electrons. The van der Waals surface area contributed by atoms with Crippen LogP contribution in [0.25, 0.3) is 21.9 Å². The topological polar surface area (TPSA) is 119 Å². The summed E-state index contributed by atoms with van der Waals surface area (Å²) in [6, 6.07) is 4.26. The van der Waals surface area contributed by atoms with Crippen molar-refractivity contribution in [1.29, 1.82) is 0 Å². The molecule has 0 aliphatic carbocycles. The molecule has 2 aromatic heterocycles. The summed E-state index contributed by atoms with van der Waals surface area (Å²) in [5.41, 5.74) is 5.44. The van der Waals surface area contributed by atoms with E-state index in [1.807, 2.05) is 0 Å². The maximum absolute atomic E-state index is 12.2. The summed E-state index contributed by atoms with van der Waals surface area (Å²) >= 11 is 0. The van der Waals surface area contributed by atoms with Crippen molar-refractivity contribution in [2.75, 3.05) is 6.54 Å². The number of nitrogens with zero attached hydrogens (tertiary/aromatic N) is 1. The summed E-state index contributed by atoms with van der Waals surface area (Å²) in [6.07, 6.45) is 3.37. The Morgan fingerprint density at radius 1 is 1.09 bits per heavy atom. The van der Waals surface area contributed by atoms with Crippen LogP contribution >= 0.6 is 0 Å². The van der Waals surface area contributed by atoms with E-state index in [0.717, 1.165) is 19.3 Å². The van der Waals surface area contributed by atoms with E-state index in [9.17, 15) is 14.8 Å². The Balaban J connectivity index is 2.06. The van der Waals surface area contributed by atoms with Crippen molar-refractivity contribution in [3.63, 3.8) is 0 Å². The van der Waals surface area contributed by atoms with Gasteiger partial charge in [-0.2, -0.15) is 0 Å². The van der Waals surface area contributed by atoms with Crippen molar-refractivity contribution < 1.29 is 13.9 Å². The van der Waals surface area contributed by atoms with Crippen LogP contribution in [0.5, 0.6) is 5.75 Å². The molecule has 23 heavy (non-hydrogen) atoms. The standard InChI is InChI=1S/C16H16N2O5/c17-5-3-1-2-4-9-6-14-15(16(20)22-9)10-7-11(18-21)12(19)8-13(10)23-14/h6-8,19H,1-5,17H2. The van der Waals surface area contributed by atoms with Crippen LogP contribution in [0.4, 0.5) is 5.69 Å². The molecular weight excluding hydrogens is 300 g/mol. The molecule has 0 radical (unpaired) electrons. The van der Waals surface area contributed by atoms with Gasteiger partial charge in [0, 0.05) is 23.9 Å². The van der Waals surface area contributed by atoms with Crippen molar-refractivity contribution >= 4 is 27.6 Å². The monoisotopic (exact) mass is 316 g/mol. The number of unbranched alkanes of at least 4 members (excludes halogenated alkanes) is 2. The van der Waals surface area contributed by atoms with Crippen molar-refractivity contribution in [3.05, 3.63) is 39.3 Å². The first kappa shape index (κ1) is 15.2. The molecule has 3 aromatic rings. The Labute approximate surface area is 130 Å². The minimum atomic E-state index is -0.530. The van der Waals surface area contributed by atoms with Crippen LogP contribution in [0.2, 0.25) is 0 Å². The lowest BCUT2D eigenvalue weighted by Crippen LogP contribution is -2.02. The van der Waals surface area contributed by atoms with Crippen molar-refractivity contribution in [2.24, 2.45) is 10.9 Å². The number of benzene rings is 1. The molecule has 0 aliphatic heterocycles. The Kier molecular flexibility index (Phi) is 4.12. The average molecular weight is 316 g/mol. The second-order valence-corrected chi connectivity index (χ2v) is 5.37. The highest BCUT2D eigenvalue weighted by Crippen LogP contribution is 2.36. The minimum Gasteiger partial charge on any atom is -0.505 e. The van der Waals surface area contributed by atoms with Crippen LogP contribution in [0.15, 0.2) is 37.0 Å². The third-order valence-corrected chi connectivity index (χ3v) is 3.76. The molecule has 0 fully saturated rings. The Hall–Kier alpha value is -2.67. The van der Waals surface area contributed by atoms with Gasteiger partial charge in [0.15, 0.2) is 5.69 Å². The number of aryl methyl sites for hydroxylation is 1. The smallest absolute Gasteiger partial charge is 0.347 e. The molecule has 0 atom stereocenters. The molecule has 0 bridgehead atoms. The number of hydrogen-bond acceptors (Lipinski definition) is 7. The molecule has 0 amide bonds. The summed E-state index contributed by atoms with van der Waals surface area (Å²) < 4.78 is 10.9. The number of phenolic OH excluding ortho intramolecular Hbond substituents is 1. The predicted octanol–water partition coefficient (Wildman–Crippen LogP) is 3.31. The lowest BCUT2D eigenvalue weighted by Gasteiger charge is -1.99. The predicted molar refractivity (Wildman–Crippen MR) is 86.0 cm³/mol. The van der Waals surface area contributed by atoms with E-state index in [0.29, 0.717) is 35.3 Å². The number of phenols is 1. The second kappa shape index (κ2) is 6.21. The van der Waals surface area contributed by atoms with Gasteiger partial charge in [0.2, 0.25) is 0 Å². The summed E-state index contributed by atoms with van der Waals surface area (Å²) in [6.45, 7) is 0.642. The molecule has 7 heteroatoms. The molecule has 0 saturated heterocycles. The Bertz CT molecular complexity index is 925. The van der Waals surface area contributed by atoms with Crippen LogP contribution in [0, 0.1) is 4.91 Å². The molecule has 3 N–H and O–H groups in total. The first-order chi connectivity index (χ1) is 11.1. The highest BCUT2D eigenvalue weighted by molar-refractivity contribution is 6.05. The number of nitrogens with two attached hydrogens (primary N) is 1. The number of fused-ring (bicyclic) bond motifs is 3. The zero-order valence-corrected chi connectivity index (χ0v) is 12.4. The SMILES string of the molecule is NCCCCCc1cc2oc3cc(O)c(N=O)cc3c2c(=O)o1. The number of rotatable bonds is 6. The number of furan rings is 1. The fraction of sp³-hybridized carbons (Fsp3) is 0.312. The van der Waals surface area contributed by atoms with Crippen LogP contribution in [0.1, 0.15) is 25.0 Å². The van der Waals surface area contributed by atoms with E-state index >= 15 is 0 Å². The third-order valence-electron chi connectivity index (χ3n) is 3.76. The van der Waals surface area contributed by atoms with Gasteiger partial charge in [-0.15, -0.1) is 4.91 Å². The lowest BCUT2D eigenvalue weighted by molar-refractivity contribution is 0.455. The molecule has 1 aromatic carbocycles. The zero-order valence-electron chi connectivity index (χ0n) is 12.4. The van der Waals surface area contributed by atoms with Gasteiger partial charge in [0.1, 0.15) is 28.1 Å². The third kappa shape index (κ3) is 2.83. The molecule has 2 heterocycles. The van der Waals surface area contributed by atoms with E-state index in [4.69, 9.17) is 14.6 Å². The molecule has 0 aliphatic rings. The summed E-state index contributed by atoms with van der Waals surface area (Å²) in [4.78, 5) is 22.9. The molecule has 7 nitrogen and oxygen atoms in total. The number of hydrogen-bond donors (Lipinski definition) is 2. The summed E-state index contributed by atoms with van der Waals surface area (Å²) in [5.74, 6) is 0.245. The normalized spacial score (nSPS) is 11.3. The summed E-state index contributed by atoms with van der Waals surface area (Å²) in [7, 11) is 0. The largest absolute Gasteiger partial charge is 0.505 e. The molecular formula is C16H16N2O5. The maximum atomic E-state index is 12.2. The van der Waals surface area contributed by atoms with E-state index in [2.05, 4.69) is 5.18 Å². The first-order valence-corrected chi connectivity index (χ1v) is 7.39. The lowest BCUT2D eigenvalue weighted by atomic mass is 10.1. The van der Waals surface area contributed by atoms with Gasteiger partial charge in [-0.1, -0.05) is 6.42 Å². The number of aromatic hydroxyl groups is 1.